The molecule has 0 N–H and O–H groups in total. The first-order valence-corrected chi connectivity index (χ1v) is 4.00. The average molecular weight is 156 g/mol. The van der Waals surface area contributed by atoms with Crippen molar-refractivity contribution < 1.29 is 9.59 Å². The number of hydrogen-bond acceptors (Lipinski definition) is 2. The zero-order valence-electron chi connectivity index (χ0n) is 7.30. The number of hydrogen-bond donors (Lipinski definition) is 0. The van der Waals surface area contributed by atoms with Gasteiger partial charge < -0.3 is 9.59 Å². The zero-order valence-corrected chi connectivity index (χ0v) is 7.30. The lowest BCUT2D eigenvalue weighted by Gasteiger charge is -2.21. The molecule has 0 rings (SSSR count). The van der Waals surface area contributed by atoms with Crippen LogP contribution in [0.1, 0.15) is 39.5 Å². The van der Waals surface area contributed by atoms with E-state index < -0.39 is 0 Å². The Morgan fingerprint density at radius 2 is 1.36 bits per heavy atom. The summed E-state index contributed by atoms with van der Waals surface area (Å²) in [6.07, 6.45) is 4.83. The van der Waals surface area contributed by atoms with Gasteiger partial charge >= 0.3 is 0 Å². The van der Waals surface area contributed by atoms with Gasteiger partial charge in [-0.3, -0.25) is 0 Å². The molecule has 0 radical (unpaired) electrons. The fourth-order valence-electron chi connectivity index (χ4n) is 1.02. The van der Waals surface area contributed by atoms with Gasteiger partial charge in [0.25, 0.3) is 0 Å². The van der Waals surface area contributed by atoms with Gasteiger partial charge in [0.1, 0.15) is 12.6 Å². The minimum Gasteiger partial charge on any atom is -0.303 e. The second kappa shape index (κ2) is 5.05. The van der Waals surface area contributed by atoms with E-state index in [4.69, 9.17) is 0 Å². The van der Waals surface area contributed by atoms with Gasteiger partial charge in [-0.2, -0.15) is 0 Å². The van der Waals surface area contributed by atoms with E-state index in [1.54, 1.807) is 0 Å². The van der Waals surface area contributed by atoms with Crippen molar-refractivity contribution in [2.75, 3.05) is 0 Å². The normalized spacial score (nSPS) is 11.1. The molecular weight excluding hydrogens is 140 g/mol. The number of carbonyl (C=O) groups excluding carboxylic acids is 2. The molecule has 0 aliphatic rings. The monoisotopic (exact) mass is 156 g/mol. The molecule has 0 spiro atoms. The summed E-state index contributed by atoms with van der Waals surface area (Å²) in [4.78, 5) is 20.1. The third kappa shape index (κ3) is 5.77. The fraction of sp³-hybridized carbons (Fsp3) is 0.778. The molecule has 0 unspecified atom stereocenters. The van der Waals surface area contributed by atoms with Crippen LogP contribution in [0.15, 0.2) is 0 Å². The van der Waals surface area contributed by atoms with Crippen LogP contribution in [0.5, 0.6) is 0 Å². The average Bonchev–Trinajstić information content (AvgIpc) is 1.97. The molecule has 0 saturated carbocycles. The maximum Gasteiger partial charge on any atom is 0.120 e. The van der Waals surface area contributed by atoms with Gasteiger partial charge in [-0.25, -0.2) is 0 Å². The highest BCUT2D eigenvalue weighted by molar-refractivity contribution is 5.50. The van der Waals surface area contributed by atoms with Crippen molar-refractivity contribution in [2.45, 2.75) is 39.5 Å². The Kier molecular flexibility index (Phi) is 4.75. The summed E-state index contributed by atoms with van der Waals surface area (Å²) in [6, 6.07) is 0. The van der Waals surface area contributed by atoms with Crippen molar-refractivity contribution in [3.8, 4) is 0 Å². The molecule has 64 valence electrons. The van der Waals surface area contributed by atoms with Crippen molar-refractivity contribution in [1.29, 1.82) is 0 Å². The van der Waals surface area contributed by atoms with E-state index in [0.717, 1.165) is 25.4 Å². The van der Waals surface area contributed by atoms with E-state index in [0.29, 0.717) is 12.8 Å². The lowest BCUT2D eigenvalue weighted by Crippen LogP contribution is -2.11. The topological polar surface area (TPSA) is 34.1 Å². The van der Waals surface area contributed by atoms with E-state index in [9.17, 15) is 9.59 Å². The van der Waals surface area contributed by atoms with E-state index in [1.807, 2.05) is 0 Å². The van der Waals surface area contributed by atoms with Crippen LogP contribution in [0.3, 0.4) is 0 Å². The molecule has 0 bridgehead atoms. The highest BCUT2D eigenvalue weighted by atomic mass is 16.1. The van der Waals surface area contributed by atoms with E-state index >= 15 is 0 Å². The van der Waals surface area contributed by atoms with Gasteiger partial charge in [0.2, 0.25) is 0 Å². The summed E-state index contributed by atoms with van der Waals surface area (Å²) >= 11 is 0. The highest BCUT2D eigenvalue weighted by Gasteiger charge is 2.15. The highest BCUT2D eigenvalue weighted by Crippen LogP contribution is 2.26. The molecule has 0 aliphatic carbocycles. The van der Waals surface area contributed by atoms with Crippen molar-refractivity contribution in [3.05, 3.63) is 0 Å². The molecule has 0 aromatic heterocycles. The number of rotatable bonds is 6. The molecule has 0 aromatic rings. The predicted molar refractivity (Wildman–Crippen MR) is 44.4 cm³/mol. The second-order valence-electron chi connectivity index (χ2n) is 3.57. The SMILES string of the molecule is CC(C)(CCC=O)CCC=O. The molecule has 2 heteroatoms. The Balaban J connectivity index is 3.59. The lowest BCUT2D eigenvalue weighted by atomic mass is 9.84. The van der Waals surface area contributed by atoms with Gasteiger partial charge in [-0.05, 0) is 18.3 Å². The van der Waals surface area contributed by atoms with Crippen LogP contribution in [0.4, 0.5) is 0 Å². The Morgan fingerprint density at radius 3 is 1.64 bits per heavy atom. The molecule has 0 atom stereocenters. The zero-order chi connectivity index (χ0) is 8.74. The van der Waals surface area contributed by atoms with Crippen LogP contribution >= 0.6 is 0 Å². The van der Waals surface area contributed by atoms with Gasteiger partial charge in [0.15, 0.2) is 0 Å². The largest absolute Gasteiger partial charge is 0.303 e. The Labute approximate surface area is 68.0 Å². The van der Waals surface area contributed by atoms with Crippen molar-refractivity contribution in [2.24, 2.45) is 5.41 Å². The third-order valence-corrected chi connectivity index (χ3v) is 1.88. The van der Waals surface area contributed by atoms with E-state index in [-0.39, 0.29) is 5.41 Å². The summed E-state index contributed by atoms with van der Waals surface area (Å²) in [7, 11) is 0. The molecule has 0 aliphatic heterocycles. The van der Waals surface area contributed by atoms with Gasteiger partial charge in [-0.1, -0.05) is 13.8 Å². The molecule has 2 nitrogen and oxygen atoms in total. The Bertz CT molecular complexity index is 114. The minimum absolute atomic E-state index is 0.141. The van der Waals surface area contributed by atoms with Crippen LogP contribution < -0.4 is 0 Å². The summed E-state index contributed by atoms with van der Waals surface area (Å²) < 4.78 is 0. The predicted octanol–water partition coefficient (Wildman–Crippen LogP) is 1.97. The van der Waals surface area contributed by atoms with Gasteiger partial charge in [-0.15, -0.1) is 0 Å². The standard InChI is InChI=1S/C9H16O2/c1-9(2,5-3-7-10)6-4-8-11/h7-8H,3-6H2,1-2H3. The van der Waals surface area contributed by atoms with E-state index in [2.05, 4.69) is 13.8 Å². The Morgan fingerprint density at radius 1 is 1.00 bits per heavy atom. The number of aldehydes is 2. The Hall–Kier alpha value is -0.660. The maximum absolute atomic E-state index is 10.1. The second-order valence-corrected chi connectivity index (χ2v) is 3.57. The smallest absolute Gasteiger partial charge is 0.120 e. The molecular formula is C9H16O2. The number of carbonyl (C=O) groups is 2. The first-order valence-electron chi connectivity index (χ1n) is 4.00. The lowest BCUT2D eigenvalue weighted by molar-refractivity contribution is -0.108. The van der Waals surface area contributed by atoms with Crippen LogP contribution in [-0.2, 0) is 9.59 Å². The van der Waals surface area contributed by atoms with Gasteiger partial charge in [0.05, 0.1) is 0 Å². The summed E-state index contributed by atoms with van der Waals surface area (Å²) in [5.74, 6) is 0. The third-order valence-electron chi connectivity index (χ3n) is 1.88. The quantitative estimate of drug-likeness (QED) is 0.551. The minimum atomic E-state index is 0.141. The van der Waals surface area contributed by atoms with Crippen LogP contribution in [-0.4, -0.2) is 12.6 Å². The molecule has 0 aromatic carbocycles. The maximum atomic E-state index is 10.1. The first kappa shape index (κ1) is 10.3. The van der Waals surface area contributed by atoms with Gasteiger partial charge in [0, 0.05) is 12.8 Å². The van der Waals surface area contributed by atoms with E-state index in [1.165, 1.54) is 0 Å². The molecule has 0 saturated heterocycles. The van der Waals surface area contributed by atoms with Crippen molar-refractivity contribution >= 4 is 12.6 Å². The van der Waals surface area contributed by atoms with Crippen molar-refractivity contribution in [1.82, 2.24) is 0 Å². The fourth-order valence-corrected chi connectivity index (χ4v) is 1.02. The summed E-state index contributed by atoms with van der Waals surface area (Å²) in [5, 5.41) is 0. The van der Waals surface area contributed by atoms with Crippen LogP contribution in [0, 0.1) is 5.41 Å². The molecule has 0 fully saturated rings. The van der Waals surface area contributed by atoms with Crippen LogP contribution in [0.25, 0.3) is 0 Å². The summed E-state index contributed by atoms with van der Waals surface area (Å²) in [5.41, 5.74) is 0.141. The summed E-state index contributed by atoms with van der Waals surface area (Å²) in [6.45, 7) is 4.17. The van der Waals surface area contributed by atoms with Crippen molar-refractivity contribution in [3.63, 3.8) is 0 Å². The molecule has 0 heterocycles. The van der Waals surface area contributed by atoms with Crippen LogP contribution in [0.2, 0.25) is 0 Å². The first-order chi connectivity index (χ1) is 5.12. The molecule has 0 amide bonds. The molecule has 11 heavy (non-hydrogen) atoms.